The molecule has 0 spiro atoms. The van der Waals surface area contributed by atoms with Crippen molar-refractivity contribution in [1.29, 1.82) is 0 Å². The molecule has 1 aromatic rings. The molecular formula is C10H12N2O3. The van der Waals surface area contributed by atoms with Crippen molar-refractivity contribution in [1.82, 2.24) is 4.57 Å². The minimum Gasteiger partial charge on any atom is -0.507 e. The van der Waals surface area contributed by atoms with E-state index in [0.29, 0.717) is 6.54 Å². The van der Waals surface area contributed by atoms with Crippen molar-refractivity contribution >= 4 is 5.91 Å². The van der Waals surface area contributed by atoms with Gasteiger partial charge in [0, 0.05) is 18.3 Å². The molecule has 80 valence electrons. The molecule has 1 aromatic heterocycles. The monoisotopic (exact) mass is 208 g/mol. The number of hydrogen-bond donors (Lipinski definition) is 2. The first-order valence-corrected chi connectivity index (χ1v) is 4.86. The summed E-state index contributed by atoms with van der Waals surface area (Å²) in [6.07, 6.45) is 2.66. The van der Waals surface area contributed by atoms with Crippen LogP contribution in [0.15, 0.2) is 10.9 Å². The molecule has 2 rings (SSSR count). The number of nitrogens with zero attached hydrogens (tertiary/aromatic N) is 1. The number of hydrogen-bond acceptors (Lipinski definition) is 3. The number of rotatable bonds is 1. The zero-order chi connectivity index (χ0) is 11.0. The van der Waals surface area contributed by atoms with Gasteiger partial charge in [-0.15, -0.1) is 0 Å². The molecule has 3 N–H and O–H groups in total. The van der Waals surface area contributed by atoms with Gasteiger partial charge in [-0.25, -0.2) is 0 Å². The molecule has 0 aromatic carbocycles. The number of pyridine rings is 1. The number of aromatic nitrogens is 1. The molecule has 5 heteroatoms. The number of amides is 1. The van der Waals surface area contributed by atoms with Gasteiger partial charge in [0.15, 0.2) is 0 Å². The number of fused-ring (bicyclic) bond motifs is 1. The molecule has 1 amide bonds. The van der Waals surface area contributed by atoms with Crippen molar-refractivity contribution in [2.75, 3.05) is 0 Å². The number of primary amides is 1. The Labute approximate surface area is 86.1 Å². The van der Waals surface area contributed by atoms with Gasteiger partial charge in [0.05, 0.1) is 0 Å². The largest absolute Gasteiger partial charge is 0.507 e. The van der Waals surface area contributed by atoms with Crippen molar-refractivity contribution in [3.63, 3.8) is 0 Å². The van der Waals surface area contributed by atoms with E-state index in [4.69, 9.17) is 5.73 Å². The van der Waals surface area contributed by atoms with Gasteiger partial charge in [-0.2, -0.15) is 0 Å². The fraction of sp³-hybridized carbons (Fsp3) is 0.400. The molecule has 0 radical (unpaired) electrons. The Balaban J connectivity index is 2.70. The second kappa shape index (κ2) is 3.42. The number of carbonyl (C=O) groups excluding carboxylic acids is 1. The highest BCUT2D eigenvalue weighted by Gasteiger charge is 2.19. The van der Waals surface area contributed by atoms with Crippen molar-refractivity contribution in [2.24, 2.45) is 5.73 Å². The molecule has 1 aliphatic rings. The van der Waals surface area contributed by atoms with Gasteiger partial charge >= 0.3 is 0 Å². The van der Waals surface area contributed by atoms with Crippen LogP contribution in [0.4, 0.5) is 0 Å². The van der Waals surface area contributed by atoms with Crippen molar-refractivity contribution in [2.45, 2.75) is 25.8 Å². The lowest BCUT2D eigenvalue weighted by molar-refractivity contribution is 0.0995. The van der Waals surface area contributed by atoms with Crippen LogP contribution in [0.25, 0.3) is 0 Å². The Morgan fingerprint density at radius 2 is 2.20 bits per heavy atom. The van der Waals surface area contributed by atoms with Crippen LogP contribution in [0.3, 0.4) is 0 Å². The van der Waals surface area contributed by atoms with E-state index in [9.17, 15) is 14.7 Å². The molecule has 15 heavy (non-hydrogen) atoms. The van der Waals surface area contributed by atoms with E-state index in [1.54, 1.807) is 0 Å². The van der Waals surface area contributed by atoms with E-state index in [0.717, 1.165) is 25.0 Å². The lowest BCUT2D eigenvalue weighted by Gasteiger charge is -2.19. The van der Waals surface area contributed by atoms with Gasteiger partial charge < -0.3 is 15.4 Å². The SMILES string of the molecule is NC(=O)c1c(O)cc2n(c1=O)CCCC2. The second-order valence-electron chi connectivity index (χ2n) is 3.67. The third-order valence-electron chi connectivity index (χ3n) is 2.68. The van der Waals surface area contributed by atoms with Crippen molar-refractivity contribution < 1.29 is 9.90 Å². The molecule has 0 saturated heterocycles. The van der Waals surface area contributed by atoms with Crippen LogP contribution in [-0.2, 0) is 13.0 Å². The highest BCUT2D eigenvalue weighted by atomic mass is 16.3. The van der Waals surface area contributed by atoms with Crippen LogP contribution < -0.4 is 11.3 Å². The normalized spacial score (nSPS) is 14.7. The zero-order valence-electron chi connectivity index (χ0n) is 8.19. The Kier molecular flexibility index (Phi) is 2.22. The first-order valence-electron chi connectivity index (χ1n) is 4.86. The molecule has 0 atom stereocenters. The summed E-state index contributed by atoms with van der Waals surface area (Å²) in [7, 11) is 0. The summed E-state index contributed by atoms with van der Waals surface area (Å²) in [5.74, 6) is -1.18. The summed E-state index contributed by atoms with van der Waals surface area (Å²) >= 11 is 0. The van der Waals surface area contributed by atoms with Gasteiger partial charge in [-0.1, -0.05) is 0 Å². The minimum absolute atomic E-state index is 0.305. The maximum Gasteiger partial charge on any atom is 0.267 e. The van der Waals surface area contributed by atoms with Crippen LogP contribution in [0.2, 0.25) is 0 Å². The van der Waals surface area contributed by atoms with Crippen LogP contribution in [0.1, 0.15) is 28.9 Å². The maximum absolute atomic E-state index is 11.8. The average Bonchev–Trinajstić information content (AvgIpc) is 2.17. The van der Waals surface area contributed by atoms with E-state index >= 15 is 0 Å². The summed E-state index contributed by atoms with van der Waals surface area (Å²) in [6, 6.07) is 1.46. The van der Waals surface area contributed by atoms with Gasteiger partial charge in [0.25, 0.3) is 11.5 Å². The number of aryl methyl sites for hydroxylation is 1. The van der Waals surface area contributed by atoms with E-state index in [1.807, 2.05) is 0 Å². The van der Waals surface area contributed by atoms with Gasteiger partial charge in [0.2, 0.25) is 0 Å². The third-order valence-corrected chi connectivity index (χ3v) is 2.68. The first kappa shape index (κ1) is 9.76. The lowest BCUT2D eigenvalue weighted by Crippen LogP contribution is -2.33. The predicted molar refractivity (Wildman–Crippen MR) is 53.8 cm³/mol. The Morgan fingerprint density at radius 1 is 1.47 bits per heavy atom. The molecule has 1 aliphatic heterocycles. The zero-order valence-corrected chi connectivity index (χ0v) is 8.19. The molecule has 5 nitrogen and oxygen atoms in total. The highest BCUT2D eigenvalue weighted by Crippen LogP contribution is 2.19. The molecule has 0 bridgehead atoms. The van der Waals surface area contributed by atoms with Crippen LogP contribution in [0.5, 0.6) is 5.75 Å². The Bertz CT molecular complexity index is 476. The maximum atomic E-state index is 11.8. The molecular weight excluding hydrogens is 196 g/mol. The predicted octanol–water partition coefficient (Wildman–Crippen LogP) is -0.0109. The van der Waals surface area contributed by atoms with Gasteiger partial charge in [0.1, 0.15) is 11.3 Å². The fourth-order valence-corrected chi connectivity index (χ4v) is 1.94. The quantitative estimate of drug-likeness (QED) is 0.680. The number of nitrogens with two attached hydrogens (primary N) is 1. The van der Waals surface area contributed by atoms with Crippen LogP contribution in [0, 0.1) is 0 Å². The van der Waals surface area contributed by atoms with Gasteiger partial charge in [-0.3, -0.25) is 9.59 Å². The van der Waals surface area contributed by atoms with E-state index in [1.165, 1.54) is 10.6 Å². The summed E-state index contributed by atoms with van der Waals surface area (Å²) in [5, 5.41) is 9.50. The topological polar surface area (TPSA) is 85.3 Å². The second-order valence-corrected chi connectivity index (χ2v) is 3.67. The Morgan fingerprint density at radius 3 is 2.87 bits per heavy atom. The molecule has 0 fully saturated rings. The Hall–Kier alpha value is -1.78. The number of aromatic hydroxyl groups is 1. The summed E-state index contributed by atoms with van der Waals surface area (Å²) < 4.78 is 1.52. The third kappa shape index (κ3) is 1.49. The standard InChI is InChI=1S/C10H12N2O3/c11-9(14)8-7(13)5-6-3-1-2-4-12(6)10(8)15/h5,13H,1-4H2,(H2,11,14). The minimum atomic E-state index is -0.877. The van der Waals surface area contributed by atoms with Crippen LogP contribution >= 0.6 is 0 Å². The summed E-state index contributed by atoms with van der Waals surface area (Å²) in [5.41, 5.74) is 5.03. The van der Waals surface area contributed by atoms with Crippen molar-refractivity contribution in [3.05, 3.63) is 27.7 Å². The summed E-state index contributed by atoms with van der Waals surface area (Å²) in [4.78, 5) is 22.8. The molecule has 2 heterocycles. The molecule has 0 saturated carbocycles. The summed E-state index contributed by atoms with van der Waals surface area (Å²) in [6.45, 7) is 0.592. The fourth-order valence-electron chi connectivity index (χ4n) is 1.94. The molecule has 0 aliphatic carbocycles. The van der Waals surface area contributed by atoms with E-state index in [2.05, 4.69) is 0 Å². The number of carbonyl (C=O) groups is 1. The first-order chi connectivity index (χ1) is 7.11. The van der Waals surface area contributed by atoms with E-state index < -0.39 is 11.5 Å². The van der Waals surface area contributed by atoms with Crippen LogP contribution in [-0.4, -0.2) is 15.6 Å². The van der Waals surface area contributed by atoms with Crippen molar-refractivity contribution in [3.8, 4) is 5.75 Å². The smallest absolute Gasteiger partial charge is 0.267 e. The average molecular weight is 208 g/mol. The van der Waals surface area contributed by atoms with E-state index in [-0.39, 0.29) is 11.3 Å². The molecule has 0 unspecified atom stereocenters. The lowest BCUT2D eigenvalue weighted by atomic mass is 10.1. The highest BCUT2D eigenvalue weighted by molar-refractivity contribution is 5.95. The van der Waals surface area contributed by atoms with Gasteiger partial charge in [-0.05, 0) is 19.3 Å².